The monoisotopic (exact) mass is 353 g/mol. The lowest BCUT2D eigenvalue weighted by atomic mass is 10.0. The normalized spacial score (nSPS) is 10.6. The van der Waals surface area contributed by atoms with Gasteiger partial charge in [-0.05, 0) is 49.2 Å². The molecule has 1 N–H and O–H groups in total. The molecule has 0 radical (unpaired) electrons. The highest BCUT2D eigenvalue weighted by Crippen LogP contribution is 2.22. The van der Waals surface area contributed by atoms with Crippen LogP contribution in [-0.4, -0.2) is 39.6 Å². The lowest BCUT2D eigenvalue weighted by Crippen LogP contribution is -2.28. The van der Waals surface area contributed by atoms with E-state index in [1.165, 1.54) is 0 Å². The van der Waals surface area contributed by atoms with Crippen molar-refractivity contribution >= 4 is 5.91 Å². The molecule has 0 saturated carbocycles. The molecule has 3 rings (SSSR count). The third-order valence-electron chi connectivity index (χ3n) is 4.01. The van der Waals surface area contributed by atoms with E-state index in [2.05, 4.69) is 30.5 Å². The first kappa shape index (κ1) is 17.5. The molecule has 0 aliphatic carbocycles. The molecule has 0 bridgehead atoms. The highest BCUT2D eigenvalue weighted by atomic mass is 16.6. The van der Waals surface area contributed by atoms with E-state index in [0.29, 0.717) is 23.7 Å². The van der Waals surface area contributed by atoms with Crippen LogP contribution in [0.2, 0.25) is 0 Å². The van der Waals surface area contributed by atoms with Crippen molar-refractivity contribution in [2.24, 2.45) is 0 Å². The number of nitrogens with zero attached hydrogens (tertiary/aromatic N) is 4. The summed E-state index contributed by atoms with van der Waals surface area (Å²) in [7, 11) is 0. The van der Waals surface area contributed by atoms with Gasteiger partial charge in [0.1, 0.15) is 12.3 Å². The standard InChI is InChI=1S/C18H19N5O3/c1-11-10-20-21-16(12(11)2)14-4-6-15(7-5-14)17(24)19-8-9-25-18-13(3)22-26-23-18/h4-7,10H,8-9H2,1-3H3,(H,19,24). The molecule has 0 aliphatic rings. The number of amides is 1. The van der Waals surface area contributed by atoms with Gasteiger partial charge in [0.15, 0.2) is 0 Å². The Morgan fingerprint density at radius 1 is 1.15 bits per heavy atom. The van der Waals surface area contributed by atoms with Crippen LogP contribution in [0.5, 0.6) is 5.88 Å². The van der Waals surface area contributed by atoms with Crippen LogP contribution in [-0.2, 0) is 0 Å². The Labute approximate surface area is 150 Å². The van der Waals surface area contributed by atoms with Crippen molar-refractivity contribution in [1.82, 2.24) is 25.8 Å². The quantitative estimate of drug-likeness (QED) is 0.678. The van der Waals surface area contributed by atoms with Gasteiger partial charge in [0.05, 0.1) is 18.4 Å². The summed E-state index contributed by atoms with van der Waals surface area (Å²) in [6.07, 6.45) is 1.74. The van der Waals surface area contributed by atoms with E-state index in [9.17, 15) is 4.79 Å². The molecule has 134 valence electrons. The lowest BCUT2D eigenvalue weighted by molar-refractivity contribution is 0.0946. The number of carbonyl (C=O) groups is 1. The van der Waals surface area contributed by atoms with Crippen LogP contribution in [0.3, 0.4) is 0 Å². The van der Waals surface area contributed by atoms with Gasteiger partial charge in [0.25, 0.3) is 11.8 Å². The molecule has 1 amide bonds. The van der Waals surface area contributed by atoms with Gasteiger partial charge in [-0.15, -0.1) is 0 Å². The summed E-state index contributed by atoms with van der Waals surface area (Å²) in [5.41, 5.74) is 5.03. The van der Waals surface area contributed by atoms with Gasteiger partial charge in [-0.25, -0.2) is 4.63 Å². The average Bonchev–Trinajstić information content (AvgIpc) is 3.06. The number of benzene rings is 1. The van der Waals surface area contributed by atoms with Crippen molar-refractivity contribution in [2.45, 2.75) is 20.8 Å². The highest BCUT2D eigenvalue weighted by molar-refractivity contribution is 5.94. The first-order valence-corrected chi connectivity index (χ1v) is 8.15. The number of carbonyl (C=O) groups excluding carboxylic acids is 1. The van der Waals surface area contributed by atoms with E-state index in [4.69, 9.17) is 4.74 Å². The minimum absolute atomic E-state index is 0.179. The minimum Gasteiger partial charge on any atom is -0.472 e. The number of rotatable bonds is 6. The van der Waals surface area contributed by atoms with E-state index in [1.54, 1.807) is 25.3 Å². The molecular weight excluding hydrogens is 334 g/mol. The topological polar surface area (TPSA) is 103 Å². The molecule has 3 aromatic rings. The molecule has 26 heavy (non-hydrogen) atoms. The molecule has 0 spiro atoms. The van der Waals surface area contributed by atoms with Gasteiger partial charge >= 0.3 is 0 Å². The van der Waals surface area contributed by atoms with Gasteiger partial charge in [0.2, 0.25) is 0 Å². The molecule has 8 nitrogen and oxygen atoms in total. The molecule has 0 atom stereocenters. The zero-order chi connectivity index (χ0) is 18.5. The Hall–Kier alpha value is -3.29. The molecular formula is C18H19N5O3. The second kappa shape index (κ2) is 7.73. The highest BCUT2D eigenvalue weighted by Gasteiger charge is 2.10. The second-order valence-corrected chi connectivity index (χ2v) is 5.84. The Morgan fingerprint density at radius 2 is 1.92 bits per heavy atom. The number of hydrogen-bond acceptors (Lipinski definition) is 7. The van der Waals surface area contributed by atoms with E-state index >= 15 is 0 Å². The van der Waals surface area contributed by atoms with Gasteiger partial charge in [0, 0.05) is 11.1 Å². The zero-order valence-corrected chi connectivity index (χ0v) is 14.8. The van der Waals surface area contributed by atoms with E-state index in [0.717, 1.165) is 22.4 Å². The van der Waals surface area contributed by atoms with Gasteiger partial charge < -0.3 is 10.1 Å². The predicted molar refractivity (Wildman–Crippen MR) is 93.8 cm³/mol. The van der Waals surface area contributed by atoms with Crippen LogP contribution >= 0.6 is 0 Å². The fourth-order valence-corrected chi connectivity index (χ4v) is 2.35. The largest absolute Gasteiger partial charge is 0.472 e. The van der Waals surface area contributed by atoms with Crippen molar-refractivity contribution < 1.29 is 14.2 Å². The number of nitrogens with one attached hydrogen (secondary N) is 1. The smallest absolute Gasteiger partial charge is 0.278 e. The zero-order valence-electron chi connectivity index (χ0n) is 14.8. The number of aromatic nitrogens is 4. The van der Waals surface area contributed by atoms with Crippen LogP contribution in [0.4, 0.5) is 0 Å². The molecule has 2 heterocycles. The average molecular weight is 353 g/mol. The third kappa shape index (κ3) is 3.85. The lowest BCUT2D eigenvalue weighted by Gasteiger charge is -2.08. The summed E-state index contributed by atoms with van der Waals surface area (Å²) in [4.78, 5) is 12.2. The van der Waals surface area contributed by atoms with Crippen molar-refractivity contribution in [2.75, 3.05) is 13.2 Å². The molecule has 0 aliphatic heterocycles. The van der Waals surface area contributed by atoms with Crippen molar-refractivity contribution in [3.05, 3.63) is 52.8 Å². The molecule has 8 heteroatoms. The van der Waals surface area contributed by atoms with Crippen molar-refractivity contribution in [3.63, 3.8) is 0 Å². The Morgan fingerprint density at radius 3 is 2.62 bits per heavy atom. The second-order valence-electron chi connectivity index (χ2n) is 5.84. The molecule has 0 unspecified atom stereocenters. The fourth-order valence-electron chi connectivity index (χ4n) is 2.35. The summed E-state index contributed by atoms with van der Waals surface area (Å²) in [5.74, 6) is 0.153. The Kier molecular flexibility index (Phi) is 5.21. The summed E-state index contributed by atoms with van der Waals surface area (Å²) in [5, 5.41) is 18.2. The third-order valence-corrected chi connectivity index (χ3v) is 4.01. The van der Waals surface area contributed by atoms with Crippen molar-refractivity contribution in [3.8, 4) is 17.1 Å². The minimum atomic E-state index is -0.179. The maximum absolute atomic E-state index is 12.2. The number of ether oxygens (including phenoxy) is 1. The van der Waals surface area contributed by atoms with Crippen LogP contribution in [0, 0.1) is 20.8 Å². The molecule has 2 aromatic heterocycles. The Balaban J connectivity index is 1.57. The van der Waals surface area contributed by atoms with E-state index in [1.807, 2.05) is 26.0 Å². The maximum Gasteiger partial charge on any atom is 0.278 e. The number of hydrogen-bond donors (Lipinski definition) is 1. The van der Waals surface area contributed by atoms with Gasteiger partial charge in [-0.3, -0.25) is 4.79 Å². The van der Waals surface area contributed by atoms with Crippen LogP contribution in [0.1, 0.15) is 27.2 Å². The van der Waals surface area contributed by atoms with Gasteiger partial charge in [-0.1, -0.05) is 17.3 Å². The molecule has 0 fully saturated rings. The van der Waals surface area contributed by atoms with Crippen LogP contribution in [0.25, 0.3) is 11.3 Å². The summed E-state index contributed by atoms with van der Waals surface area (Å²) >= 11 is 0. The molecule has 0 saturated heterocycles. The fraction of sp³-hybridized carbons (Fsp3) is 0.278. The first-order valence-electron chi connectivity index (χ1n) is 8.15. The van der Waals surface area contributed by atoms with E-state index < -0.39 is 0 Å². The van der Waals surface area contributed by atoms with Gasteiger partial charge in [-0.2, -0.15) is 10.2 Å². The maximum atomic E-state index is 12.2. The summed E-state index contributed by atoms with van der Waals surface area (Å²) in [6.45, 7) is 6.35. The van der Waals surface area contributed by atoms with Crippen LogP contribution in [0.15, 0.2) is 35.1 Å². The Bertz CT molecular complexity index is 905. The van der Waals surface area contributed by atoms with Crippen molar-refractivity contribution in [1.29, 1.82) is 0 Å². The SMILES string of the molecule is Cc1cnnc(-c2ccc(C(=O)NCCOc3nonc3C)cc2)c1C. The first-order chi connectivity index (χ1) is 12.6. The summed E-state index contributed by atoms with van der Waals surface area (Å²) in [6, 6.07) is 7.26. The van der Waals surface area contributed by atoms with E-state index in [-0.39, 0.29) is 12.5 Å². The predicted octanol–water partition coefficient (Wildman–Crippen LogP) is 2.26. The van der Waals surface area contributed by atoms with Crippen LogP contribution < -0.4 is 10.1 Å². The summed E-state index contributed by atoms with van der Waals surface area (Å²) < 4.78 is 9.90. The number of aryl methyl sites for hydroxylation is 2. The molecule has 1 aromatic carbocycles.